The number of esters is 1. The fraction of sp³-hybridized carbons (Fsp3) is 0. The Morgan fingerprint density at radius 1 is 1.00 bits per heavy atom. The lowest BCUT2D eigenvalue weighted by molar-refractivity contribution is -0.128. The fourth-order valence-electron chi connectivity index (χ4n) is 1.58. The van der Waals surface area contributed by atoms with Crippen LogP contribution < -0.4 is 16.2 Å². The van der Waals surface area contributed by atoms with Crippen molar-refractivity contribution in [2.24, 2.45) is 0 Å². The first kappa shape index (κ1) is 12.7. The van der Waals surface area contributed by atoms with Gasteiger partial charge in [-0.15, -0.1) is 0 Å². The predicted molar refractivity (Wildman–Crippen MR) is 76.4 cm³/mol. The van der Waals surface area contributed by atoms with Crippen LogP contribution in [0.15, 0.2) is 54.6 Å². The Labute approximate surface area is 111 Å². The Hall–Kier alpha value is -2.75. The van der Waals surface area contributed by atoms with Crippen LogP contribution in [0.3, 0.4) is 0 Å². The molecule has 0 aromatic heterocycles. The topological polar surface area (TPSA) is 78.3 Å². The number of rotatable bonds is 3. The Morgan fingerprint density at radius 3 is 2.26 bits per heavy atom. The van der Waals surface area contributed by atoms with Crippen molar-refractivity contribution in [3.05, 3.63) is 60.2 Å². The number of anilines is 2. The summed E-state index contributed by atoms with van der Waals surface area (Å²) in [7, 11) is 0. The van der Waals surface area contributed by atoms with Crippen LogP contribution in [0.5, 0.6) is 5.75 Å². The van der Waals surface area contributed by atoms with Gasteiger partial charge in [-0.05, 0) is 17.7 Å². The van der Waals surface area contributed by atoms with Gasteiger partial charge < -0.3 is 16.2 Å². The lowest BCUT2D eigenvalue weighted by Crippen LogP contribution is -2.04. The Kier molecular flexibility index (Phi) is 3.83. The summed E-state index contributed by atoms with van der Waals surface area (Å²) in [6.07, 6.45) is 3.03. The van der Waals surface area contributed by atoms with Gasteiger partial charge in [-0.2, -0.15) is 0 Å². The number of carbonyl (C=O) groups excluding carboxylic acids is 1. The molecule has 4 N–H and O–H groups in total. The quantitative estimate of drug-likeness (QED) is 0.382. The van der Waals surface area contributed by atoms with Crippen molar-refractivity contribution in [1.29, 1.82) is 0 Å². The van der Waals surface area contributed by atoms with Crippen LogP contribution in [-0.2, 0) is 4.79 Å². The maximum Gasteiger partial charge on any atom is 0.336 e. The third-order valence-electron chi connectivity index (χ3n) is 2.38. The van der Waals surface area contributed by atoms with Crippen LogP contribution in [-0.4, -0.2) is 5.97 Å². The molecule has 0 heterocycles. The molecular weight excluding hydrogens is 240 g/mol. The highest BCUT2D eigenvalue weighted by atomic mass is 16.5. The summed E-state index contributed by atoms with van der Waals surface area (Å²) >= 11 is 0. The van der Waals surface area contributed by atoms with Gasteiger partial charge in [0.15, 0.2) is 0 Å². The molecule has 0 saturated carbocycles. The van der Waals surface area contributed by atoms with Crippen molar-refractivity contribution >= 4 is 23.4 Å². The second-order valence-corrected chi connectivity index (χ2v) is 4.00. The van der Waals surface area contributed by atoms with E-state index in [1.807, 2.05) is 30.3 Å². The molecule has 19 heavy (non-hydrogen) atoms. The Morgan fingerprint density at radius 2 is 1.63 bits per heavy atom. The van der Waals surface area contributed by atoms with Gasteiger partial charge in [-0.3, -0.25) is 0 Å². The minimum absolute atomic E-state index is 0.334. The molecule has 0 atom stereocenters. The first-order valence-electron chi connectivity index (χ1n) is 5.74. The SMILES string of the molecule is Nc1cc(N)cc(OC(=O)/C=C/c2ccccc2)c1. The van der Waals surface area contributed by atoms with Crippen molar-refractivity contribution in [2.45, 2.75) is 0 Å². The highest BCUT2D eigenvalue weighted by Crippen LogP contribution is 2.20. The van der Waals surface area contributed by atoms with Crippen LogP contribution in [0, 0.1) is 0 Å². The third-order valence-corrected chi connectivity index (χ3v) is 2.38. The van der Waals surface area contributed by atoms with E-state index in [2.05, 4.69) is 0 Å². The minimum atomic E-state index is -0.478. The van der Waals surface area contributed by atoms with E-state index in [4.69, 9.17) is 16.2 Å². The molecule has 0 fully saturated rings. The van der Waals surface area contributed by atoms with Crippen LogP contribution in [0.4, 0.5) is 11.4 Å². The highest BCUT2D eigenvalue weighted by Gasteiger charge is 2.02. The first-order chi connectivity index (χ1) is 9.13. The molecule has 2 rings (SSSR count). The average Bonchev–Trinajstić information content (AvgIpc) is 2.36. The number of ether oxygens (including phenoxy) is 1. The van der Waals surface area contributed by atoms with E-state index in [1.165, 1.54) is 6.08 Å². The van der Waals surface area contributed by atoms with Gasteiger partial charge in [0.25, 0.3) is 0 Å². The van der Waals surface area contributed by atoms with E-state index >= 15 is 0 Å². The fourth-order valence-corrected chi connectivity index (χ4v) is 1.58. The van der Waals surface area contributed by atoms with Crippen molar-refractivity contribution in [3.63, 3.8) is 0 Å². The lowest BCUT2D eigenvalue weighted by Gasteiger charge is -2.04. The number of benzene rings is 2. The van der Waals surface area contributed by atoms with E-state index in [1.54, 1.807) is 24.3 Å². The summed E-state index contributed by atoms with van der Waals surface area (Å²) in [5, 5.41) is 0. The second kappa shape index (κ2) is 5.73. The lowest BCUT2D eigenvalue weighted by atomic mass is 10.2. The van der Waals surface area contributed by atoms with E-state index in [9.17, 15) is 4.79 Å². The van der Waals surface area contributed by atoms with Gasteiger partial charge >= 0.3 is 5.97 Å². The molecule has 4 nitrogen and oxygen atoms in total. The summed E-state index contributed by atoms with van der Waals surface area (Å²) in [4.78, 5) is 11.6. The van der Waals surface area contributed by atoms with E-state index in [0.717, 1.165) is 5.56 Å². The molecule has 0 aliphatic heterocycles. The normalized spacial score (nSPS) is 10.5. The molecule has 0 radical (unpaired) electrons. The van der Waals surface area contributed by atoms with Gasteiger partial charge in [0.1, 0.15) is 5.75 Å². The van der Waals surface area contributed by atoms with Gasteiger partial charge in [-0.25, -0.2) is 4.79 Å². The molecule has 0 unspecified atom stereocenters. The van der Waals surface area contributed by atoms with Crippen LogP contribution in [0.1, 0.15) is 5.56 Å². The van der Waals surface area contributed by atoms with Crippen LogP contribution in [0.25, 0.3) is 6.08 Å². The smallest absolute Gasteiger partial charge is 0.336 e. The first-order valence-corrected chi connectivity index (χ1v) is 5.74. The van der Waals surface area contributed by atoms with Gasteiger partial charge in [0.2, 0.25) is 0 Å². The van der Waals surface area contributed by atoms with E-state index in [0.29, 0.717) is 17.1 Å². The van der Waals surface area contributed by atoms with Crippen LogP contribution in [0.2, 0.25) is 0 Å². The van der Waals surface area contributed by atoms with E-state index < -0.39 is 5.97 Å². The average molecular weight is 254 g/mol. The van der Waals surface area contributed by atoms with Gasteiger partial charge in [-0.1, -0.05) is 30.3 Å². The molecule has 0 bridgehead atoms. The second-order valence-electron chi connectivity index (χ2n) is 4.00. The van der Waals surface area contributed by atoms with Crippen molar-refractivity contribution < 1.29 is 9.53 Å². The molecule has 0 spiro atoms. The zero-order chi connectivity index (χ0) is 13.7. The molecule has 2 aromatic carbocycles. The minimum Gasteiger partial charge on any atom is -0.423 e. The number of carbonyl (C=O) groups is 1. The van der Waals surface area contributed by atoms with Crippen LogP contribution >= 0.6 is 0 Å². The number of nitrogen functional groups attached to an aromatic ring is 2. The van der Waals surface area contributed by atoms with Crippen molar-refractivity contribution in [1.82, 2.24) is 0 Å². The zero-order valence-electron chi connectivity index (χ0n) is 10.2. The predicted octanol–water partition coefficient (Wildman–Crippen LogP) is 2.47. The standard InChI is InChI=1S/C15H14N2O2/c16-12-8-13(17)10-14(9-12)19-15(18)7-6-11-4-2-1-3-5-11/h1-10H,16-17H2/b7-6+. The number of hydrogen-bond donors (Lipinski definition) is 2. The molecule has 96 valence electrons. The van der Waals surface area contributed by atoms with Gasteiger partial charge in [0.05, 0.1) is 0 Å². The maximum absolute atomic E-state index is 11.6. The monoisotopic (exact) mass is 254 g/mol. The van der Waals surface area contributed by atoms with Crippen molar-refractivity contribution in [2.75, 3.05) is 11.5 Å². The molecule has 0 aliphatic carbocycles. The number of nitrogens with two attached hydrogens (primary N) is 2. The molecule has 0 amide bonds. The largest absolute Gasteiger partial charge is 0.423 e. The molecule has 0 aliphatic rings. The van der Waals surface area contributed by atoms with Crippen molar-refractivity contribution in [3.8, 4) is 5.75 Å². The molecule has 2 aromatic rings. The summed E-state index contributed by atoms with van der Waals surface area (Å²) < 4.78 is 5.11. The Balaban J connectivity index is 2.03. The summed E-state index contributed by atoms with van der Waals surface area (Å²) in [6, 6.07) is 14.2. The van der Waals surface area contributed by atoms with E-state index in [-0.39, 0.29) is 0 Å². The third kappa shape index (κ3) is 3.89. The maximum atomic E-state index is 11.6. The molecule has 4 heteroatoms. The van der Waals surface area contributed by atoms with Gasteiger partial charge in [0, 0.05) is 29.6 Å². The zero-order valence-corrected chi connectivity index (χ0v) is 10.2. The summed E-state index contributed by atoms with van der Waals surface area (Å²) in [5.41, 5.74) is 13.1. The highest BCUT2D eigenvalue weighted by molar-refractivity contribution is 5.89. The molecule has 0 saturated heterocycles. The molecular formula is C15H14N2O2. The summed E-state index contributed by atoms with van der Waals surface area (Å²) in [5.74, 6) is -0.144. The number of hydrogen-bond acceptors (Lipinski definition) is 4. The summed E-state index contributed by atoms with van der Waals surface area (Å²) in [6.45, 7) is 0. The Bertz CT molecular complexity index is 587.